The summed E-state index contributed by atoms with van der Waals surface area (Å²) in [7, 11) is 1.62. The van der Waals surface area contributed by atoms with Crippen LogP contribution in [-0.4, -0.2) is 17.3 Å². The summed E-state index contributed by atoms with van der Waals surface area (Å²) in [5.41, 5.74) is 9.02. The van der Waals surface area contributed by atoms with E-state index in [4.69, 9.17) is 15.0 Å². The van der Waals surface area contributed by atoms with Crippen LogP contribution >= 0.6 is 0 Å². The maximum absolute atomic E-state index is 5.87. The Kier molecular flexibility index (Phi) is 3.32. The van der Waals surface area contributed by atoms with Crippen LogP contribution < -0.4 is 5.73 Å². The van der Waals surface area contributed by atoms with Crippen molar-refractivity contribution in [2.24, 2.45) is 0 Å². The second-order valence-corrected chi connectivity index (χ2v) is 5.15. The van der Waals surface area contributed by atoms with Gasteiger partial charge in [-0.2, -0.15) is 4.98 Å². The summed E-state index contributed by atoms with van der Waals surface area (Å²) in [4.78, 5) is 4.41. The van der Waals surface area contributed by atoms with Crippen LogP contribution in [0.5, 0.6) is 0 Å². The fourth-order valence-corrected chi connectivity index (χ4v) is 1.78. The zero-order valence-electron chi connectivity index (χ0n) is 11.9. The zero-order chi connectivity index (χ0) is 14.2. The average Bonchev–Trinajstić information content (AvgIpc) is 2.83. The third-order valence-corrected chi connectivity index (χ3v) is 3.39. The highest BCUT2D eigenvalue weighted by atomic mass is 16.5. The second kappa shape index (κ2) is 4.66. The van der Waals surface area contributed by atoms with Gasteiger partial charge >= 0.3 is 0 Å². The van der Waals surface area contributed by atoms with E-state index in [-0.39, 0.29) is 0 Å². The van der Waals surface area contributed by atoms with Crippen molar-refractivity contribution in [1.29, 1.82) is 0 Å². The monoisotopic (exact) mass is 261 g/mol. The molecule has 5 heteroatoms. The van der Waals surface area contributed by atoms with Gasteiger partial charge in [0.1, 0.15) is 5.60 Å². The van der Waals surface area contributed by atoms with Crippen molar-refractivity contribution in [2.45, 2.75) is 33.3 Å². The van der Waals surface area contributed by atoms with Crippen molar-refractivity contribution >= 4 is 5.69 Å². The molecule has 0 fully saturated rings. The Morgan fingerprint density at radius 3 is 2.58 bits per heavy atom. The zero-order valence-corrected chi connectivity index (χ0v) is 11.9. The van der Waals surface area contributed by atoms with Gasteiger partial charge in [-0.05, 0) is 51.0 Å². The fraction of sp³-hybridized carbons (Fsp3) is 0.429. The summed E-state index contributed by atoms with van der Waals surface area (Å²) in [6.45, 7) is 7.79. The van der Waals surface area contributed by atoms with Gasteiger partial charge in [-0.3, -0.25) is 0 Å². The number of nitrogen functional groups attached to an aromatic ring is 1. The van der Waals surface area contributed by atoms with Gasteiger partial charge in [-0.15, -0.1) is 0 Å². The molecular formula is C14H19N3O2. The SMILES string of the molecule is COC(C)(C)c1noc(-c2cc(N)cc(C)c2C)n1. The van der Waals surface area contributed by atoms with E-state index < -0.39 is 5.60 Å². The topological polar surface area (TPSA) is 74.2 Å². The number of nitrogens with zero attached hydrogens (tertiary/aromatic N) is 2. The molecule has 0 aliphatic heterocycles. The van der Waals surface area contributed by atoms with Crippen LogP contribution in [0.15, 0.2) is 16.7 Å². The molecule has 0 bridgehead atoms. The van der Waals surface area contributed by atoms with Crippen LogP contribution in [0.4, 0.5) is 5.69 Å². The quantitative estimate of drug-likeness (QED) is 0.860. The predicted octanol–water partition coefficient (Wildman–Crippen LogP) is 2.82. The molecule has 0 unspecified atom stereocenters. The van der Waals surface area contributed by atoms with Crippen molar-refractivity contribution in [2.75, 3.05) is 12.8 Å². The first kappa shape index (κ1) is 13.5. The van der Waals surface area contributed by atoms with Crippen LogP contribution in [-0.2, 0) is 10.3 Å². The largest absolute Gasteiger partial charge is 0.399 e. The lowest BCUT2D eigenvalue weighted by Gasteiger charge is -2.17. The van der Waals surface area contributed by atoms with Crippen molar-refractivity contribution in [3.8, 4) is 11.5 Å². The number of nitrogens with two attached hydrogens (primary N) is 1. The number of ether oxygens (including phenoxy) is 1. The van der Waals surface area contributed by atoms with E-state index in [2.05, 4.69) is 10.1 Å². The molecule has 2 rings (SSSR count). The number of rotatable bonds is 3. The normalized spacial score (nSPS) is 11.8. The number of anilines is 1. The summed E-state index contributed by atoms with van der Waals surface area (Å²) in [5, 5.41) is 3.98. The van der Waals surface area contributed by atoms with Crippen molar-refractivity contribution in [3.05, 3.63) is 29.1 Å². The summed E-state index contributed by atoms with van der Waals surface area (Å²) in [5.74, 6) is 0.984. The first-order valence-corrected chi connectivity index (χ1v) is 6.11. The van der Waals surface area contributed by atoms with Gasteiger partial charge in [0, 0.05) is 18.4 Å². The molecule has 0 aliphatic rings. The average molecular weight is 261 g/mol. The lowest BCUT2D eigenvalue weighted by Crippen LogP contribution is -2.21. The van der Waals surface area contributed by atoms with E-state index in [9.17, 15) is 0 Å². The van der Waals surface area contributed by atoms with E-state index in [0.29, 0.717) is 17.4 Å². The van der Waals surface area contributed by atoms with Gasteiger partial charge < -0.3 is 15.0 Å². The Morgan fingerprint density at radius 2 is 1.95 bits per heavy atom. The summed E-state index contributed by atoms with van der Waals surface area (Å²) >= 11 is 0. The summed E-state index contributed by atoms with van der Waals surface area (Å²) in [6, 6.07) is 3.77. The fourth-order valence-electron chi connectivity index (χ4n) is 1.78. The number of hydrogen-bond donors (Lipinski definition) is 1. The lowest BCUT2D eigenvalue weighted by molar-refractivity contribution is 0.00973. The molecule has 102 valence electrons. The highest BCUT2D eigenvalue weighted by Crippen LogP contribution is 2.29. The Hall–Kier alpha value is -1.88. The molecule has 2 aromatic rings. The minimum absolute atomic E-state index is 0.466. The predicted molar refractivity (Wildman–Crippen MR) is 73.7 cm³/mol. The second-order valence-electron chi connectivity index (χ2n) is 5.15. The molecule has 0 amide bonds. The van der Waals surface area contributed by atoms with Gasteiger partial charge in [0.05, 0.1) is 0 Å². The molecule has 0 radical (unpaired) electrons. The first-order valence-electron chi connectivity index (χ1n) is 6.11. The third kappa shape index (κ3) is 2.46. The molecule has 0 atom stereocenters. The van der Waals surface area contributed by atoms with E-state index in [1.54, 1.807) is 7.11 Å². The van der Waals surface area contributed by atoms with Crippen LogP contribution in [0.3, 0.4) is 0 Å². The summed E-state index contributed by atoms with van der Waals surface area (Å²) < 4.78 is 10.7. The molecule has 1 aromatic carbocycles. The molecule has 0 saturated heterocycles. The molecule has 2 N–H and O–H groups in total. The minimum Gasteiger partial charge on any atom is -0.399 e. The Bertz CT molecular complexity index is 603. The number of aryl methyl sites for hydroxylation is 1. The van der Waals surface area contributed by atoms with Gasteiger partial charge in [0.25, 0.3) is 5.89 Å². The smallest absolute Gasteiger partial charge is 0.258 e. The number of aromatic nitrogens is 2. The molecule has 1 heterocycles. The Balaban J connectivity index is 2.50. The Labute approximate surface area is 112 Å². The van der Waals surface area contributed by atoms with E-state index >= 15 is 0 Å². The van der Waals surface area contributed by atoms with E-state index in [0.717, 1.165) is 16.7 Å². The van der Waals surface area contributed by atoms with Crippen molar-refractivity contribution in [1.82, 2.24) is 10.1 Å². The molecule has 19 heavy (non-hydrogen) atoms. The van der Waals surface area contributed by atoms with Crippen LogP contribution in [0, 0.1) is 13.8 Å². The molecule has 1 aromatic heterocycles. The standard InChI is InChI=1S/C14H19N3O2/c1-8-6-10(15)7-11(9(8)2)12-16-13(17-19-12)14(3,4)18-5/h6-7H,15H2,1-5H3. The molecule has 0 saturated carbocycles. The number of methoxy groups -OCH3 is 1. The molecular weight excluding hydrogens is 242 g/mol. The van der Waals surface area contributed by atoms with Crippen molar-refractivity contribution < 1.29 is 9.26 Å². The molecule has 0 spiro atoms. The first-order chi connectivity index (χ1) is 8.85. The third-order valence-electron chi connectivity index (χ3n) is 3.39. The number of benzene rings is 1. The highest BCUT2D eigenvalue weighted by Gasteiger charge is 2.27. The van der Waals surface area contributed by atoms with E-state index in [1.165, 1.54) is 0 Å². The maximum Gasteiger partial charge on any atom is 0.258 e. The molecule has 0 aliphatic carbocycles. The molecule has 5 nitrogen and oxygen atoms in total. The van der Waals surface area contributed by atoms with Crippen LogP contribution in [0.1, 0.15) is 30.8 Å². The van der Waals surface area contributed by atoms with Gasteiger partial charge in [-0.1, -0.05) is 5.16 Å². The van der Waals surface area contributed by atoms with Gasteiger partial charge in [0.2, 0.25) is 5.82 Å². The number of hydrogen-bond acceptors (Lipinski definition) is 5. The van der Waals surface area contributed by atoms with Crippen LogP contribution in [0.2, 0.25) is 0 Å². The van der Waals surface area contributed by atoms with Gasteiger partial charge in [0.15, 0.2) is 0 Å². The van der Waals surface area contributed by atoms with Crippen LogP contribution in [0.25, 0.3) is 11.5 Å². The summed E-state index contributed by atoms with van der Waals surface area (Å²) in [6.07, 6.45) is 0. The van der Waals surface area contributed by atoms with Gasteiger partial charge in [-0.25, -0.2) is 0 Å². The lowest BCUT2D eigenvalue weighted by atomic mass is 10.0. The minimum atomic E-state index is -0.578. The maximum atomic E-state index is 5.87. The highest BCUT2D eigenvalue weighted by molar-refractivity contribution is 5.66. The van der Waals surface area contributed by atoms with Crippen molar-refractivity contribution in [3.63, 3.8) is 0 Å². The van der Waals surface area contributed by atoms with E-state index in [1.807, 2.05) is 39.8 Å². The Morgan fingerprint density at radius 1 is 1.26 bits per heavy atom.